The number of thioether (sulfide) groups is 1. The van der Waals surface area contributed by atoms with E-state index < -0.39 is 181 Å². The number of phenols is 1. The first-order valence-corrected chi connectivity index (χ1v) is 29.8. The second kappa shape index (κ2) is 33.6. The standard InChI is InChI=1S/C53H80N8O19S2/c1-5-29(2)35-20-32(63)23-55-48(70)31-18-36-34-6-7-41(65)37(27-81-17-16-80-15-14-79-13-12-78-11-10-77-9-8-76-4)47(34)60-52(36)82(75)28-39(57-45(69)24-56-49(35)71)50(72)58-38(22-44(54)68)53(74)61-25-33(64)21-40(61)51(73)59-46(42(66)19-31)30(3)43(67)26-62/h6-7,29-31,33,35,38-40,43,46,60,62,64-65,67H,5,8-28H2,1-4H3,(H2,54,68)(H,55,70)(H,56,71)(H,57,69)(H,58,72)(H,59,73)/t29-,30-,31+,33+,35-,38-,39+,40-,43-,46-,82?/m0/s1. The lowest BCUT2D eigenvalue weighted by Gasteiger charge is -2.32. The molecule has 3 aliphatic rings. The van der Waals surface area contributed by atoms with Crippen LogP contribution < -0.4 is 32.3 Å². The van der Waals surface area contributed by atoms with Gasteiger partial charge in [0.2, 0.25) is 41.4 Å². The molecule has 11 atom stereocenters. The molecule has 1 fully saturated rings. The number of benzene rings is 1. The Labute approximate surface area is 481 Å². The Morgan fingerprint density at radius 1 is 0.841 bits per heavy atom. The van der Waals surface area contributed by atoms with Crippen molar-refractivity contribution in [2.24, 2.45) is 29.4 Å². The molecule has 12 N–H and O–H groups in total. The molecule has 0 aliphatic carbocycles. The van der Waals surface area contributed by atoms with Crippen LogP contribution in [-0.4, -0.2) is 228 Å². The number of aromatic amines is 1. The minimum Gasteiger partial charge on any atom is -0.508 e. The van der Waals surface area contributed by atoms with Crippen molar-refractivity contribution in [2.75, 3.05) is 104 Å². The van der Waals surface area contributed by atoms with Crippen LogP contribution in [0.5, 0.6) is 5.75 Å². The average molecular weight is 1200 g/mol. The summed E-state index contributed by atoms with van der Waals surface area (Å²) in [7, 11) is -0.836. The van der Waals surface area contributed by atoms with Gasteiger partial charge in [-0.15, -0.1) is 0 Å². The SMILES string of the molecule is CC[C@H](C)[C@@H]1CC(=O)CNC(=O)[C@H]2CC(=O)[C@H]([C@@H](C)[C@@H](O)CO)NC(=O)[C@@H]3C[C@@H](O)CN3C(=O)[C@H](CC(N)=O)NC(=O)[C@@H](CS(=O)c3[nH]c4c(CSCCOCCOCCOCCOCCOC)c(O)ccc4c3C2)NC(=O)CNC1=O. The molecule has 0 saturated carbocycles. The van der Waals surface area contributed by atoms with Crippen molar-refractivity contribution < 1.29 is 91.5 Å². The van der Waals surface area contributed by atoms with Crippen molar-refractivity contribution in [3.05, 3.63) is 23.3 Å². The summed E-state index contributed by atoms with van der Waals surface area (Å²) in [6.45, 7) is 5.51. The third-order valence-electron chi connectivity index (χ3n) is 14.6. The molecule has 0 radical (unpaired) electrons. The lowest BCUT2D eigenvalue weighted by atomic mass is 9.85. The van der Waals surface area contributed by atoms with Gasteiger partial charge in [-0.25, -0.2) is 0 Å². The zero-order valence-corrected chi connectivity index (χ0v) is 48.4. The van der Waals surface area contributed by atoms with Gasteiger partial charge < -0.3 is 86.3 Å². The van der Waals surface area contributed by atoms with E-state index in [4.69, 9.17) is 29.4 Å². The molecule has 1 saturated heterocycles. The Bertz CT molecular complexity index is 2570. The van der Waals surface area contributed by atoms with Crippen LogP contribution in [0.3, 0.4) is 0 Å². The first-order chi connectivity index (χ1) is 39.2. The number of carbonyl (C=O) groups is 9. The summed E-state index contributed by atoms with van der Waals surface area (Å²) in [6.07, 6.45) is -5.39. The Kier molecular flexibility index (Phi) is 27.5. The van der Waals surface area contributed by atoms with Crippen LogP contribution in [0.1, 0.15) is 64.0 Å². The van der Waals surface area contributed by atoms with Gasteiger partial charge in [-0.2, -0.15) is 11.8 Å². The molecule has 1 unspecified atom stereocenters. The second-order valence-corrected chi connectivity index (χ2v) is 23.0. The van der Waals surface area contributed by atoms with Crippen LogP contribution in [-0.2, 0) is 89.8 Å². The molecular weight excluding hydrogens is 1120 g/mol. The maximum absolute atomic E-state index is 15.2. The second-order valence-electron chi connectivity index (χ2n) is 20.5. The third kappa shape index (κ3) is 19.5. The monoisotopic (exact) mass is 1200 g/mol. The summed E-state index contributed by atoms with van der Waals surface area (Å²) in [5.41, 5.74) is 6.28. The molecule has 0 spiro atoms. The number of fused-ring (bicyclic) bond motifs is 5. The van der Waals surface area contributed by atoms with Crippen molar-refractivity contribution in [1.29, 1.82) is 0 Å². The molecule has 3 aliphatic heterocycles. The van der Waals surface area contributed by atoms with Gasteiger partial charge in [-0.05, 0) is 30.0 Å². The molecule has 1 aromatic carbocycles. The van der Waals surface area contributed by atoms with E-state index in [0.29, 0.717) is 69.4 Å². The smallest absolute Gasteiger partial charge is 0.246 e. The highest BCUT2D eigenvalue weighted by Gasteiger charge is 2.45. The third-order valence-corrected chi connectivity index (χ3v) is 17.0. The van der Waals surface area contributed by atoms with Crippen LogP contribution in [0.25, 0.3) is 10.9 Å². The van der Waals surface area contributed by atoms with Crippen LogP contribution in [0.2, 0.25) is 0 Å². The number of nitrogens with two attached hydrogens (primary N) is 1. The summed E-state index contributed by atoms with van der Waals surface area (Å²) in [6, 6.07) is -4.08. The Morgan fingerprint density at radius 3 is 2.12 bits per heavy atom. The van der Waals surface area contributed by atoms with E-state index in [9.17, 15) is 63.6 Å². The number of phenolic OH excluding ortho intramolecular Hbond substituents is 1. The quantitative estimate of drug-likeness (QED) is 0.0473. The number of nitrogens with one attached hydrogen (secondary N) is 6. The molecular formula is C53H80N8O19S2. The molecule has 2 bridgehead atoms. The number of ether oxygens (including phenoxy) is 5. The first kappa shape index (κ1) is 67.2. The molecule has 458 valence electrons. The number of hydrogen-bond acceptors (Lipinski definition) is 20. The maximum atomic E-state index is 15.2. The summed E-state index contributed by atoms with van der Waals surface area (Å²) in [5, 5.41) is 55.9. The van der Waals surface area contributed by atoms with E-state index in [2.05, 4.69) is 31.6 Å². The van der Waals surface area contributed by atoms with Crippen molar-refractivity contribution in [1.82, 2.24) is 36.5 Å². The molecule has 5 rings (SSSR count). The van der Waals surface area contributed by atoms with E-state index >= 15 is 4.21 Å². The largest absolute Gasteiger partial charge is 0.508 e. The van der Waals surface area contributed by atoms with Crippen molar-refractivity contribution in [3.8, 4) is 5.75 Å². The highest BCUT2D eigenvalue weighted by atomic mass is 32.2. The number of primary amides is 1. The van der Waals surface area contributed by atoms with Gasteiger partial charge in [-0.3, -0.25) is 47.4 Å². The van der Waals surface area contributed by atoms with Gasteiger partial charge in [0.15, 0.2) is 11.6 Å². The molecule has 1 aromatic heterocycles. The summed E-state index contributed by atoms with van der Waals surface area (Å²) in [4.78, 5) is 131. The van der Waals surface area contributed by atoms with Gasteiger partial charge in [0.1, 0.15) is 28.9 Å². The number of H-pyrrole nitrogens is 1. The topological polar surface area (TPSA) is 403 Å². The lowest BCUT2D eigenvalue weighted by molar-refractivity contribution is -0.144. The molecule has 27 nitrogen and oxygen atoms in total. The van der Waals surface area contributed by atoms with Gasteiger partial charge in [0.05, 0.1) is 126 Å². The van der Waals surface area contributed by atoms with E-state index in [-0.39, 0.29) is 47.2 Å². The van der Waals surface area contributed by atoms with Crippen LogP contribution >= 0.6 is 11.8 Å². The molecule has 4 heterocycles. The molecule has 82 heavy (non-hydrogen) atoms. The number of Topliss-reactive ketones (excluding diaryl/α,β-unsaturated/α-hetero) is 2. The molecule has 2 aromatic rings. The lowest BCUT2D eigenvalue weighted by Crippen LogP contribution is -2.60. The molecule has 29 heteroatoms. The van der Waals surface area contributed by atoms with Crippen molar-refractivity contribution in [3.63, 3.8) is 0 Å². The van der Waals surface area contributed by atoms with Crippen molar-refractivity contribution >= 4 is 86.4 Å². The van der Waals surface area contributed by atoms with Gasteiger partial charge in [-0.1, -0.05) is 27.2 Å². The van der Waals surface area contributed by atoms with Crippen LogP contribution in [0, 0.1) is 23.7 Å². The predicted molar refractivity (Wildman–Crippen MR) is 296 cm³/mol. The van der Waals surface area contributed by atoms with Crippen molar-refractivity contribution in [2.45, 2.75) is 106 Å². The van der Waals surface area contributed by atoms with E-state index in [1.807, 2.05) is 0 Å². The number of methoxy groups -OCH3 is 1. The number of aromatic hydroxyl groups is 1. The Morgan fingerprint density at radius 2 is 1.49 bits per heavy atom. The molecule has 7 amide bonds. The van der Waals surface area contributed by atoms with E-state index in [1.165, 1.54) is 30.8 Å². The number of aliphatic hydroxyl groups excluding tert-OH is 3. The maximum Gasteiger partial charge on any atom is 0.246 e. The van der Waals surface area contributed by atoms with Gasteiger partial charge >= 0.3 is 0 Å². The number of ketones is 2. The highest BCUT2D eigenvalue weighted by Crippen LogP contribution is 2.37. The Hall–Kier alpha value is -5.63. The number of nitrogens with zero attached hydrogens (tertiary/aromatic N) is 1. The highest BCUT2D eigenvalue weighted by molar-refractivity contribution is 7.98. The predicted octanol–water partition coefficient (Wildman–Crippen LogP) is -2.79. The zero-order valence-electron chi connectivity index (χ0n) is 46.7. The summed E-state index contributed by atoms with van der Waals surface area (Å²) in [5.74, 6) is -12.9. The Balaban J connectivity index is 1.58. The summed E-state index contributed by atoms with van der Waals surface area (Å²) >= 11 is 1.37. The van der Waals surface area contributed by atoms with E-state index in [0.717, 1.165) is 4.90 Å². The minimum absolute atomic E-state index is 0.135. The number of hydrogen-bond donors (Lipinski definition) is 11. The fraction of sp³-hybridized carbons (Fsp3) is 0.679. The fourth-order valence-corrected chi connectivity index (χ4v) is 12.0. The summed E-state index contributed by atoms with van der Waals surface area (Å²) < 4.78 is 42.2. The van der Waals surface area contributed by atoms with Gasteiger partial charge in [0, 0.05) is 73.1 Å². The van der Waals surface area contributed by atoms with E-state index in [1.54, 1.807) is 21.0 Å². The normalized spacial score (nSPS) is 25.1. The number of rotatable bonds is 24. The van der Waals surface area contributed by atoms with Crippen LogP contribution in [0.4, 0.5) is 0 Å². The number of aromatic nitrogens is 1. The fourth-order valence-electron chi connectivity index (χ4n) is 9.72. The van der Waals surface area contributed by atoms with Gasteiger partial charge in [0.25, 0.3) is 0 Å². The minimum atomic E-state index is -2.43. The van der Waals surface area contributed by atoms with Crippen LogP contribution in [0.15, 0.2) is 17.2 Å². The average Bonchev–Trinajstić information content (AvgIpc) is 3.16. The number of amides is 7. The number of aliphatic hydroxyl groups is 3. The first-order valence-electron chi connectivity index (χ1n) is 27.4. The number of carbonyl (C=O) groups excluding carboxylic acids is 9. The zero-order chi connectivity index (χ0) is 60.0.